The molecule has 3 aromatic rings. The van der Waals surface area contributed by atoms with Gasteiger partial charge in [0, 0.05) is 23.8 Å². The van der Waals surface area contributed by atoms with Crippen LogP contribution < -0.4 is 15.1 Å². The molecule has 1 N–H and O–H groups in total. The molecule has 31 heavy (non-hydrogen) atoms. The predicted molar refractivity (Wildman–Crippen MR) is 116 cm³/mol. The fourth-order valence-electron chi connectivity index (χ4n) is 3.73. The molecule has 4 rings (SSSR count). The molecule has 9 nitrogen and oxygen atoms in total. The lowest BCUT2D eigenvalue weighted by atomic mass is 10.0. The molecule has 0 bridgehead atoms. The first-order chi connectivity index (χ1) is 14.9. The number of fused-ring (bicyclic) bond motifs is 3. The Bertz CT molecular complexity index is 1240. The molecule has 0 aliphatic carbocycles. The van der Waals surface area contributed by atoms with Gasteiger partial charge in [0.2, 0.25) is 11.1 Å². The molecule has 1 atom stereocenters. The van der Waals surface area contributed by atoms with Crippen molar-refractivity contribution in [3.63, 3.8) is 0 Å². The molecule has 1 aliphatic heterocycles. The molecular weight excluding hydrogens is 418 g/mol. The number of hydrogen-bond donors (Lipinski definition) is 1. The van der Waals surface area contributed by atoms with Crippen LogP contribution in [-0.4, -0.2) is 26.7 Å². The van der Waals surface area contributed by atoms with Gasteiger partial charge in [-0.1, -0.05) is 43.0 Å². The maximum atomic E-state index is 13.1. The van der Waals surface area contributed by atoms with Gasteiger partial charge < -0.3 is 0 Å². The number of rotatable bonds is 5. The average molecular weight is 438 g/mol. The van der Waals surface area contributed by atoms with Gasteiger partial charge in [-0.3, -0.25) is 24.7 Å². The Morgan fingerprint density at radius 1 is 1.26 bits per heavy atom. The van der Waals surface area contributed by atoms with E-state index in [0.29, 0.717) is 16.4 Å². The lowest BCUT2D eigenvalue weighted by Crippen LogP contribution is -2.60. The molecule has 0 saturated carbocycles. The zero-order valence-electron chi connectivity index (χ0n) is 16.9. The topological polar surface area (TPSA) is 113 Å². The third-order valence-corrected chi connectivity index (χ3v) is 6.02. The first kappa shape index (κ1) is 20.7. The first-order valence-electron chi connectivity index (χ1n) is 9.75. The number of para-hydroxylation sites is 2. The predicted octanol–water partition coefficient (Wildman–Crippen LogP) is 3.05. The summed E-state index contributed by atoms with van der Waals surface area (Å²) in [6.07, 6.45) is -0.0983. The largest absolute Gasteiger partial charge is 0.325 e. The Morgan fingerprint density at radius 3 is 2.68 bits per heavy atom. The van der Waals surface area contributed by atoms with E-state index in [1.54, 1.807) is 42.5 Å². The van der Waals surface area contributed by atoms with Crippen LogP contribution in [0.1, 0.15) is 32.0 Å². The van der Waals surface area contributed by atoms with Crippen molar-refractivity contribution in [3.05, 3.63) is 74.6 Å². The maximum Gasteiger partial charge on any atom is 0.325 e. The average Bonchev–Trinajstić information content (AvgIpc) is 2.76. The van der Waals surface area contributed by atoms with Gasteiger partial charge in [-0.05, 0) is 29.3 Å². The minimum absolute atomic E-state index is 0.151. The van der Waals surface area contributed by atoms with Crippen LogP contribution in [0.2, 0.25) is 0 Å². The summed E-state index contributed by atoms with van der Waals surface area (Å²) < 4.78 is 1.43. The monoisotopic (exact) mass is 438 g/mol. The number of benzene rings is 2. The van der Waals surface area contributed by atoms with Crippen LogP contribution in [0.25, 0.3) is 11.3 Å². The number of H-pyrrole nitrogens is 1. The summed E-state index contributed by atoms with van der Waals surface area (Å²) in [4.78, 5) is 41.5. The van der Waals surface area contributed by atoms with E-state index in [-0.39, 0.29) is 28.4 Å². The number of aromatic nitrogens is 3. The van der Waals surface area contributed by atoms with Gasteiger partial charge >= 0.3 is 11.3 Å². The van der Waals surface area contributed by atoms with Crippen molar-refractivity contribution in [2.45, 2.75) is 31.6 Å². The highest BCUT2D eigenvalue weighted by molar-refractivity contribution is 7.99. The molecule has 10 heteroatoms. The Labute approximate surface area is 181 Å². The number of carbonyl (C=O) groups excluding carboxylic acids is 1. The van der Waals surface area contributed by atoms with Gasteiger partial charge in [-0.15, -0.1) is 0 Å². The van der Waals surface area contributed by atoms with Gasteiger partial charge in [0.25, 0.3) is 11.9 Å². The molecule has 0 spiro atoms. The Morgan fingerprint density at radius 2 is 1.97 bits per heavy atom. The minimum Gasteiger partial charge on any atom is -0.291 e. The maximum absolute atomic E-state index is 13.1. The lowest BCUT2D eigenvalue weighted by Gasteiger charge is -2.31. The summed E-state index contributed by atoms with van der Waals surface area (Å²) in [7, 11) is 0. The van der Waals surface area contributed by atoms with E-state index in [0.717, 1.165) is 12.2 Å². The van der Waals surface area contributed by atoms with Crippen molar-refractivity contribution >= 4 is 29.0 Å². The van der Waals surface area contributed by atoms with Crippen LogP contribution in [0.3, 0.4) is 0 Å². The van der Waals surface area contributed by atoms with Crippen molar-refractivity contribution in [2.24, 2.45) is 0 Å². The zero-order valence-corrected chi connectivity index (χ0v) is 17.8. The van der Waals surface area contributed by atoms with E-state index >= 15 is 0 Å². The molecule has 1 amide bonds. The van der Waals surface area contributed by atoms with E-state index < -0.39 is 11.1 Å². The highest BCUT2D eigenvalue weighted by Gasteiger charge is 2.47. The third kappa shape index (κ3) is 3.59. The number of nitrogens with one attached hydrogen (secondary N) is 1. The second-order valence-corrected chi connectivity index (χ2v) is 8.08. The van der Waals surface area contributed by atoms with Gasteiger partial charge in [0.1, 0.15) is 5.56 Å². The molecule has 0 fully saturated rings. The van der Waals surface area contributed by atoms with E-state index in [4.69, 9.17) is 0 Å². The second-order valence-electron chi connectivity index (χ2n) is 7.00. The summed E-state index contributed by atoms with van der Waals surface area (Å²) in [5.74, 6) is 0.421. The van der Waals surface area contributed by atoms with Crippen LogP contribution in [0, 0.1) is 10.1 Å². The van der Waals surface area contributed by atoms with Crippen LogP contribution in [0.4, 0.5) is 11.4 Å². The van der Waals surface area contributed by atoms with Gasteiger partial charge in [-0.2, -0.15) is 0 Å². The van der Waals surface area contributed by atoms with Gasteiger partial charge in [-0.25, -0.2) is 4.90 Å². The molecule has 2 heterocycles. The van der Waals surface area contributed by atoms with E-state index in [1.165, 1.54) is 34.3 Å². The summed E-state index contributed by atoms with van der Waals surface area (Å²) >= 11 is 1.38. The SMILES string of the molecule is CCCSc1n[n+]2c(c(=O)[nH]1)-c1ccccc1N(C(C)=O)[C@@H]2c1ccccc1[N+](=O)[O-]. The molecule has 0 unspecified atom stereocenters. The van der Waals surface area contributed by atoms with Crippen molar-refractivity contribution in [3.8, 4) is 11.3 Å². The summed E-state index contributed by atoms with van der Waals surface area (Å²) in [5.41, 5.74) is 1.03. The van der Waals surface area contributed by atoms with Crippen molar-refractivity contribution in [1.29, 1.82) is 0 Å². The fraction of sp³-hybridized carbons (Fsp3) is 0.238. The molecule has 0 saturated heterocycles. The number of thioether (sulfide) groups is 1. The Hall–Kier alpha value is -3.53. The number of aromatic amines is 1. The number of anilines is 1. The number of nitro benzene ring substituents is 1. The quantitative estimate of drug-likeness (QED) is 0.284. The fourth-order valence-corrected chi connectivity index (χ4v) is 4.44. The number of nitro groups is 1. The first-order valence-corrected chi connectivity index (χ1v) is 10.7. The summed E-state index contributed by atoms with van der Waals surface area (Å²) in [6, 6.07) is 13.2. The van der Waals surface area contributed by atoms with Crippen LogP contribution in [-0.2, 0) is 4.79 Å². The Balaban J connectivity index is 2.07. The highest BCUT2D eigenvalue weighted by atomic mass is 32.2. The van der Waals surface area contributed by atoms with E-state index in [1.807, 2.05) is 6.92 Å². The number of hydrogen-bond acceptors (Lipinski definition) is 6. The molecule has 1 aromatic heterocycles. The summed E-state index contributed by atoms with van der Waals surface area (Å²) in [5, 5.41) is 16.8. The van der Waals surface area contributed by atoms with E-state index in [9.17, 15) is 19.7 Å². The van der Waals surface area contributed by atoms with Crippen LogP contribution in [0.15, 0.2) is 58.5 Å². The third-order valence-electron chi connectivity index (χ3n) is 4.95. The normalized spacial score (nSPS) is 14.6. The second kappa shape index (κ2) is 8.31. The van der Waals surface area contributed by atoms with Crippen LogP contribution >= 0.6 is 11.8 Å². The standard InChI is InChI=1S/C21H19N5O4S/c1-3-12-31-21-22-19(28)18-14-8-4-6-10-16(14)24(13(2)27)20(25(18)23-21)15-9-5-7-11-17(15)26(29)30/h4-11,20H,3,12H2,1-2H3/p+1/t20-/m0/s1. The van der Waals surface area contributed by atoms with Crippen molar-refractivity contribution in [2.75, 3.05) is 10.7 Å². The van der Waals surface area contributed by atoms with E-state index in [2.05, 4.69) is 10.1 Å². The summed E-state index contributed by atoms with van der Waals surface area (Å²) in [6.45, 7) is 3.41. The van der Waals surface area contributed by atoms with Crippen molar-refractivity contribution in [1.82, 2.24) is 10.1 Å². The van der Waals surface area contributed by atoms with Crippen molar-refractivity contribution < 1.29 is 14.4 Å². The molecule has 2 aromatic carbocycles. The molecule has 1 aliphatic rings. The van der Waals surface area contributed by atoms with Gasteiger partial charge in [0.15, 0.2) is 0 Å². The lowest BCUT2D eigenvalue weighted by molar-refractivity contribution is -0.763. The minimum atomic E-state index is -0.979. The number of carbonyl (C=O) groups is 1. The number of amides is 1. The smallest absolute Gasteiger partial charge is 0.291 e. The molecule has 0 radical (unpaired) electrons. The Kier molecular flexibility index (Phi) is 5.55. The van der Waals surface area contributed by atoms with Crippen LogP contribution in [0.5, 0.6) is 0 Å². The van der Waals surface area contributed by atoms with Gasteiger partial charge in [0.05, 0.1) is 16.2 Å². The molecular formula is C21H20N5O4S+. The number of nitrogens with zero attached hydrogens (tertiary/aromatic N) is 4. The molecule has 158 valence electrons. The highest BCUT2D eigenvalue weighted by Crippen LogP contribution is 2.39. The zero-order chi connectivity index (χ0) is 22.1.